The Kier molecular flexibility index (Phi) is 27.0. The Hall–Kier alpha value is -5.47. The van der Waals surface area contributed by atoms with Gasteiger partial charge in [-0.15, -0.1) is 0 Å². The normalized spacial score (nSPS) is 20.5. The van der Waals surface area contributed by atoms with Crippen molar-refractivity contribution in [2.75, 3.05) is 123 Å². The van der Waals surface area contributed by atoms with Crippen molar-refractivity contribution in [1.82, 2.24) is 61.2 Å². The summed E-state index contributed by atoms with van der Waals surface area (Å²) in [6, 6.07) is 0. The lowest BCUT2D eigenvalue weighted by Crippen LogP contribution is -2.58. The van der Waals surface area contributed by atoms with Crippen LogP contribution in [0.2, 0.25) is 0 Å². The van der Waals surface area contributed by atoms with E-state index in [-0.39, 0.29) is 80.0 Å². The van der Waals surface area contributed by atoms with Crippen LogP contribution in [0.5, 0.6) is 0 Å². The van der Waals surface area contributed by atoms with Gasteiger partial charge in [-0.3, -0.25) is 43.6 Å². The van der Waals surface area contributed by atoms with Gasteiger partial charge in [0.1, 0.15) is 27.3 Å². The van der Waals surface area contributed by atoms with Gasteiger partial charge in [0.25, 0.3) is 17.7 Å². The lowest BCUT2D eigenvalue weighted by Gasteiger charge is -2.36. The maximum Gasteiger partial charge on any atom is 0.255 e. The number of carbonyl (C=O) groups is 8. The summed E-state index contributed by atoms with van der Waals surface area (Å²) in [6.45, 7) is 23.6. The Morgan fingerprint density at radius 3 is 1.15 bits per heavy atom. The van der Waals surface area contributed by atoms with Crippen molar-refractivity contribution in [2.45, 2.75) is 119 Å². The third-order valence-electron chi connectivity index (χ3n) is 14.0. The predicted octanol–water partition coefficient (Wildman–Crippen LogP) is 0.331. The predicted molar refractivity (Wildman–Crippen MR) is 291 cm³/mol. The lowest BCUT2D eigenvalue weighted by atomic mass is 9.83. The molecule has 0 fully saturated rings. The largest absolute Gasteiger partial charge is 0.353 e. The van der Waals surface area contributed by atoms with Crippen LogP contribution in [-0.2, 0) is 43.2 Å². The van der Waals surface area contributed by atoms with Crippen LogP contribution in [0.15, 0.2) is 15.3 Å². The first-order valence-corrected chi connectivity index (χ1v) is 25.2. The quantitative estimate of drug-likeness (QED) is 0.0630. The number of rotatable bonds is 22. The van der Waals surface area contributed by atoms with Crippen molar-refractivity contribution in [1.29, 1.82) is 0 Å². The Balaban J connectivity index is 0.00000103. The molecule has 25 nitrogen and oxygen atoms in total. The molecule has 25 heteroatoms. The summed E-state index contributed by atoms with van der Waals surface area (Å²) in [5.74, 6) is -1.44. The van der Waals surface area contributed by atoms with E-state index in [0.29, 0.717) is 25.9 Å². The summed E-state index contributed by atoms with van der Waals surface area (Å²) in [5, 5.41) is 38.7. The van der Waals surface area contributed by atoms with E-state index in [2.05, 4.69) is 46.8 Å². The molecule has 3 aliphatic rings. The SMILES string of the molecule is CCC1=NN(C)C(=O)C1(C)CNC(=O)C(C)(C)N(C)C(=O)CN(C)C.CCC1=NN(C)C(=O)C1(C)CNC(=O)C(C)(C)N(C)C(=O)CNC.CCC1=NN(C)C(=O)C1(C)CNC(=O)C(C)(C)NC.CN(C)CCOO. The molecule has 0 spiro atoms. The summed E-state index contributed by atoms with van der Waals surface area (Å²) in [5.41, 5.74) is -2.84. The van der Waals surface area contributed by atoms with Gasteiger partial charge in [0.05, 0.1) is 42.4 Å². The minimum Gasteiger partial charge on any atom is -0.353 e. The number of amides is 8. The van der Waals surface area contributed by atoms with Crippen LogP contribution in [0.25, 0.3) is 0 Å². The van der Waals surface area contributed by atoms with Crippen molar-refractivity contribution < 1.29 is 48.5 Å². The van der Waals surface area contributed by atoms with Crippen LogP contribution in [-0.4, -0.2) is 244 Å². The van der Waals surface area contributed by atoms with E-state index < -0.39 is 32.9 Å². The molecule has 0 aromatic heterocycles. The number of hydrogen-bond donors (Lipinski definition) is 6. The van der Waals surface area contributed by atoms with Crippen molar-refractivity contribution in [2.24, 2.45) is 31.5 Å². The molecule has 0 bridgehead atoms. The maximum absolute atomic E-state index is 12.7. The van der Waals surface area contributed by atoms with Crippen molar-refractivity contribution >= 4 is 64.4 Å². The second-order valence-corrected chi connectivity index (χ2v) is 21.5. The molecule has 3 heterocycles. The maximum atomic E-state index is 12.7. The molecule has 3 atom stereocenters. The van der Waals surface area contributed by atoms with Gasteiger partial charge in [0.15, 0.2) is 0 Å². The Labute approximate surface area is 446 Å². The standard InChI is InChI=1S/C17H31N5O3.C16H29N5O3.C13H24N4O2.C4H11NO2/c1-9-12-17(4,15(25)22(8)19-12)11-18-14(24)16(2,3)21(7)13(23)10-20(5)6;1-8-11-16(4,14(24)21(7)19-11)10-18-13(23)15(2,3)20(6)12(22)9-17-5;1-7-9-13(4,11(19)17(6)16-9)8-15-10(18)12(2,3)14-5;1-5(2)3-4-7-6/h9-11H2,1-8H3,(H,18,24);17H,8-10H2,1-7H3,(H,18,23);14H,7-8H2,1-6H3,(H,15,18);6H,3-4H2,1-2H3. The number of hydrazone groups is 3. The molecule has 75 heavy (non-hydrogen) atoms. The monoisotopic (exact) mass is 1070 g/mol. The molecule has 0 saturated carbocycles. The van der Waals surface area contributed by atoms with E-state index in [4.69, 9.17) is 5.26 Å². The molecule has 3 aliphatic heterocycles. The van der Waals surface area contributed by atoms with Crippen LogP contribution < -0.4 is 26.6 Å². The van der Waals surface area contributed by atoms with Gasteiger partial charge in [-0.25, -0.2) is 19.9 Å². The number of carbonyl (C=O) groups excluding carboxylic acids is 8. The Morgan fingerprint density at radius 1 is 0.573 bits per heavy atom. The van der Waals surface area contributed by atoms with E-state index in [1.54, 1.807) is 124 Å². The molecule has 3 rings (SSSR count). The average Bonchev–Trinajstić information content (AvgIpc) is 3.82. The third-order valence-corrected chi connectivity index (χ3v) is 14.0. The number of hydrogen-bond acceptors (Lipinski definition) is 17. The van der Waals surface area contributed by atoms with Crippen LogP contribution in [0.4, 0.5) is 0 Å². The molecule has 0 aromatic rings. The average molecular weight is 1070 g/mol. The first-order valence-electron chi connectivity index (χ1n) is 25.2. The van der Waals surface area contributed by atoms with Crippen LogP contribution in [0, 0.1) is 16.2 Å². The molecule has 0 aromatic carbocycles. The summed E-state index contributed by atoms with van der Waals surface area (Å²) in [4.78, 5) is 109. The third kappa shape index (κ3) is 17.8. The summed E-state index contributed by atoms with van der Waals surface area (Å²) in [7, 11) is 18.9. The molecule has 0 radical (unpaired) electrons. The van der Waals surface area contributed by atoms with E-state index in [9.17, 15) is 38.4 Å². The van der Waals surface area contributed by atoms with Gasteiger partial charge >= 0.3 is 0 Å². The Morgan fingerprint density at radius 2 is 0.893 bits per heavy atom. The van der Waals surface area contributed by atoms with Gasteiger partial charge < -0.3 is 46.2 Å². The van der Waals surface area contributed by atoms with Gasteiger partial charge in [0.2, 0.25) is 29.5 Å². The first kappa shape index (κ1) is 69.5. The zero-order valence-corrected chi connectivity index (χ0v) is 49.7. The second-order valence-electron chi connectivity index (χ2n) is 21.5. The number of nitrogens with zero attached hydrogens (tertiary/aromatic N) is 10. The van der Waals surface area contributed by atoms with Crippen molar-refractivity contribution in [3.63, 3.8) is 0 Å². The van der Waals surface area contributed by atoms with Crippen molar-refractivity contribution in [3.05, 3.63) is 0 Å². The van der Waals surface area contributed by atoms with E-state index in [1.807, 2.05) is 46.7 Å². The smallest absolute Gasteiger partial charge is 0.255 e. The lowest BCUT2D eigenvalue weighted by molar-refractivity contribution is -0.243. The minimum absolute atomic E-state index is 0.0769. The van der Waals surface area contributed by atoms with Crippen molar-refractivity contribution in [3.8, 4) is 0 Å². The highest BCUT2D eigenvalue weighted by Crippen LogP contribution is 2.32. The van der Waals surface area contributed by atoms with Crippen LogP contribution in [0.3, 0.4) is 0 Å². The highest BCUT2D eigenvalue weighted by molar-refractivity contribution is 6.14. The number of likely N-dealkylation sites (N-methyl/N-ethyl adjacent to an activating group) is 6. The first-order chi connectivity index (χ1) is 34.3. The zero-order valence-electron chi connectivity index (χ0n) is 49.7. The fourth-order valence-corrected chi connectivity index (χ4v) is 7.70. The second kappa shape index (κ2) is 29.2. The van der Waals surface area contributed by atoms with Gasteiger partial charge in [-0.2, -0.15) is 15.3 Å². The van der Waals surface area contributed by atoms with E-state index in [0.717, 1.165) is 23.7 Å². The summed E-state index contributed by atoms with van der Waals surface area (Å²) >= 11 is 0. The van der Waals surface area contributed by atoms with Crippen LogP contribution >= 0.6 is 0 Å². The molecule has 6 N–H and O–H groups in total. The molecule has 0 saturated heterocycles. The Bertz CT molecular complexity index is 2110. The zero-order chi connectivity index (χ0) is 58.8. The van der Waals surface area contributed by atoms with Gasteiger partial charge in [-0.1, -0.05) is 20.8 Å². The van der Waals surface area contributed by atoms with E-state index in [1.165, 1.54) is 24.8 Å². The summed E-state index contributed by atoms with van der Waals surface area (Å²) in [6.07, 6.45) is 1.96. The molecule has 0 aliphatic carbocycles. The fraction of sp³-hybridized carbons (Fsp3) is 0.780. The van der Waals surface area contributed by atoms with Gasteiger partial charge in [-0.05, 0) is 124 Å². The fourth-order valence-electron chi connectivity index (χ4n) is 7.70. The van der Waals surface area contributed by atoms with E-state index >= 15 is 0 Å². The topological polar surface area (TPSA) is 286 Å². The minimum atomic E-state index is -1.03. The highest BCUT2D eigenvalue weighted by Gasteiger charge is 2.49. The molecular weight excluding hydrogens is 971 g/mol. The molecule has 430 valence electrons. The summed E-state index contributed by atoms with van der Waals surface area (Å²) < 4.78 is 0. The van der Waals surface area contributed by atoms with Gasteiger partial charge in [0, 0.05) is 61.4 Å². The van der Waals surface area contributed by atoms with Crippen LogP contribution in [0.1, 0.15) is 102 Å². The molecule has 8 amide bonds. The number of nitrogens with one attached hydrogen (secondary N) is 5. The molecular formula is C50H95N15O10. The highest BCUT2D eigenvalue weighted by atomic mass is 17.1. The molecule has 3 unspecified atom stereocenters.